The van der Waals surface area contributed by atoms with E-state index in [1.807, 2.05) is 10.6 Å². The summed E-state index contributed by atoms with van der Waals surface area (Å²) in [7, 11) is 0. The molecule has 0 saturated carbocycles. The van der Waals surface area contributed by atoms with Crippen molar-refractivity contribution in [1.82, 2.24) is 14.3 Å². The molecule has 0 unspecified atom stereocenters. The molecule has 0 bridgehead atoms. The zero-order chi connectivity index (χ0) is 14.1. The van der Waals surface area contributed by atoms with Crippen LogP contribution < -0.4 is 0 Å². The lowest BCUT2D eigenvalue weighted by Gasteiger charge is -2.30. The first kappa shape index (κ1) is 13.1. The summed E-state index contributed by atoms with van der Waals surface area (Å²) >= 11 is 0. The normalized spacial score (nSPS) is 17.6. The number of fused-ring (bicyclic) bond motifs is 1. The summed E-state index contributed by atoms with van der Waals surface area (Å²) in [5, 5.41) is 9.01. The van der Waals surface area contributed by atoms with Gasteiger partial charge < -0.3 is 14.4 Å². The highest BCUT2D eigenvalue weighted by Crippen LogP contribution is 2.27. The van der Waals surface area contributed by atoms with E-state index in [0.29, 0.717) is 5.92 Å². The average Bonchev–Trinajstić information content (AvgIpc) is 2.90. The molecule has 5 nitrogen and oxygen atoms in total. The summed E-state index contributed by atoms with van der Waals surface area (Å²) in [6.45, 7) is 5.54. The lowest BCUT2D eigenvalue weighted by Crippen LogP contribution is -2.32. The lowest BCUT2D eigenvalue weighted by molar-refractivity contribution is 0.0697. The molecule has 1 fully saturated rings. The minimum Gasteiger partial charge on any atom is -0.478 e. The number of pyridine rings is 1. The number of carboxylic acids is 1. The summed E-state index contributed by atoms with van der Waals surface area (Å²) in [5.74, 6) is -0.417. The van der Waals surface area contributed by atoms with Crippen LogP contribution in [0.25, 0.3) is 5.65 Å². The van der Waals surface area contributed by atoms with Crippen molar-refractivity contribution in [3.05, 3.63) is 35.8 Å². The number of nitrogens with zero attached hydrogens (tertiary/aromatic N) is 3. The SMILES string of the molecule is CCN1CCC(c2cn3ccc(C(=O)O)cc3n2)CC1. The third-order valence-corrected chi connectivity index (χ3v) is 4.18. The first-order chi connectivity index (χ1) is 9.67. The van der Waals surface area contributed by atoms with Crippen molar-refractivity contribution in [2.75, 3.05) is 19.6 Å². The Labute approximate surface area is 117 Å². The largest absolute Gasteiger partial charge is 0.478 e. The van der Waals surface area contributed by atoms with E-state index in [9.17, 15) is 4.79 Å². The Hall–Kier alpha value is -1.88. The maximum absolute atomic E-state index is 11.0. The molecular formula is C15H19N3O2. The van der Waals surface area contributed by atoms with E-state index in [2.05, 4.69) is 16.8 Å². The number of piperidine rings is 1. The molecule has 1 aliphatic heterocycles. The van der Waals surface area contributed by atoms with Crippen LogP contribution in [0.5, 0.6) is 0 Å². The molecule has 1 aliphatic rings. The van der Waals surface area contributed by atoms with Gasteiger partial charge in [0, 0.05) is 18.3 Å². The highest BCUT2D eigenvalue weighted by Gasteiger charge is 2.21. The zero-order valence-electron chi connectivity index (χ0n) is 11.6. The maximum atomic E-state index is 11.0. The van der Waals surface area contributed by atoms with Gasteiger partial charge in [0.05, 0.1) is 11.3 Å². The van der Waals surface area contributed by atoms with Crippen molar-refractivity contribution >= 4 is 11.6 Å². The Bertz CT molecular complexity index is 627. The first-order valence-corrected chi connectivity index (χ1v) is 7.11. The van der Waals surface area contributed by atoms with Crippen LogP contribution in [-0.2, 0) is 0 Å². The predicted octanol–water partition coefficient (Wildman–Crippen LogP) is 2.23. The molecule has 2 aromatic rings. The zero-order valence-corrected chi connectivity index (χ0v) is 11.6. The Morgan fingerprint density at radius 1 is 1.45 bits per heavy atom. The Morgan fingerprint density at radius 3 is 2.85 bits per heavy atom. The van der Waals surface area contributed by atoms with Gasteiger partial charge in [0.25, 0.3) is 0 Å². The summed E-state index contributed by atoms with van der Waals surface area (Å²) in [4.78, 5) is 18.0. The van der Waals surface area contributed by atoms with Crippen LogP contribution in [0.2, 0.25) is 0 Å². The maximum Gasteiger partial charge on any atom is 0.335 e. The van der Waals surface area contributed by atoms with Crippen molar-refractivity contribution < 1.29 is 9.90 Å². The molecular weight excluding hydrogens is 254 g/mol. The molecule has 0 aliphatic carbocycles. The van der Waals surface area contributed by atoms with Crippen LogP contribution in [0.15, 0.2) is 24.5 Å². The van der Waals surface area contributed by atoms with E-state index in [0.717, 1.165) is 43.8 Å². The minimum absolute atomic E-state index is 0.287. The van der Waals surface area contributed by atoms with E-state index in [1.54, 1.807) is 18.3 Å². The molecule has 0 spiro atoms. The molecule has 0 aromatic carbocycles. The predicted molar refractivity (Wildman–Crippen MR) is 76.2 cm³/mol. The standard InChI is InChI=1S/C15H19N3O2/c1-2-17-6-3-11(4-7-17)13-10-18-8-5-12(15(19)20)9-14(18)16-13/h5,8-11H,2-4,6-7H2,1H3,(H,19,20). The van der Waals surface area contributed by atoms with Gasteiger partial charge in [-0.05, 0) is 44.6 Å². The number of hydrogen-bond donors (Lipinski definition) is 1. The van der Waals surface area contributed by atoms with Crippen molar-refractivity contribution in [3.8, 4) is 0 Å². The van der Waals surface area contributed by atoms with Gasteiger partial charge >= 0.3 is 5.97 Å². The van der Waals surface area contributed by atoms with E-state index in [-0.39, 0.29) is 5.56 Å². The third kappa shape index (κ3) is 2.41. The highest BCUT2D eigenvalue weighted by atomic mass is 16.4. The lowest BCUT2D eigenvalue weighted by atomic mass is 9.94. The Balaban J connectivity index is 1.84. The van der Waals surface area contributed by atoms with Crippen molar-refractivity contribution in [1.29, 1.82) is 0 Å². The number of carbonyl (C=O) groups is 1. The Kier molecular flexibility index (Phi) is 3.44. The number of aromatic nitrogens is 2. The second-order valence-corrected chi connectivity index (χ2v) is 5.36. The van der Waals surface area contributed by atoms with Gasteiger partial charge in [0.1, 0.15) is 5.65 Å². The number of aromatic carboxylic acids is 1. The van der Waals surface area contributed by atoms with Gasteiger partial charge in [0.15, 0.2) is 0 Å². The van der Waals surface area contributed by atoms with Gasteiger partial charge in [-0.1, -0.05) is 6.92 Å². The van der Waals surface area contributed by atoms with Gasteiger partial charge in [0.2, 0.25) is 0 Å². The van der Waals surface area contributed by atoms with E-state index < -0.39 is 5.97 Å². The molecule has 3 heterocycles. The smallest absolute Gasteiger partial charge is 0.335 e. The topological polar surface area (TPSA) is 57.8 Å². The number of likely N-dealkylation sites (tertiary alicyclic amines) is 1. The van der Waals surface area contributed by atoms with Crippen LogP contribution in [0.3, 0.4) is 0 Å². The fourth-order valence-corrected chi connectivity index (χ4v) is 2.88. The number of carboxylic acid groups (broad SMARTS) is 1. The van der Waals surface area contributed by atoms with Crippen molar-refractivity contribution in [3.63, 3.8) is 0 Å². The summed E-state index contributed by atoms with van der Waals surface area (Å²) in [5.41, 5.74) is 2.09. The molecule has 3 rings (SSSR count). The molecule has 1 saturated heterocycles. The molecule has 1 N–H and O–H groups in total. The molecule has 20 heavy (non-hydrogen) atoms. The van der Waals surface area contributed by atoms with Crippen LogP contribution in [0, 0.1) is 0 Å². The van der Waals surface area contributed by atoms with Crippen LogP contribution in [0.4, 0.5) is 0 Å². The van der Waals surface area contributed by atoms with Gasteiger partial charge in [-0.3, -0.25) is 0 Å². The second kappa shape index (κ2) is 5.25. The van der Waals surface area contributed by atoms with Gasteiger partial charge in [-0.25, -0.2) is 9.78 Å². The molecule has 2 aromatic heterocycles. The number of imidazole rings is 1. The van der Waals surface area contributed by atoms with E-state index >= 15 is 0 Å². The fraction of sp³-hybridized carbons (Fsp3) is 0.467. The first-order valence-electron chi connectivity index (χ1n) is 7.11. The average molecular weight is 273 g/mol. The van der Waals surface area contributed by atoms with Gasteiger partial charge in [-0.2, -0.15) is 0 Å². The van der Waals surface area contributed by atoms with Crippen LogP contribution in [0.1, 0.15) is 41.7 Å². The Morgan fingerprint density at radius 2 is 2.20 bits per heavy atom. The van der Waals surface area contributed by atoms with Crippen LogP contribution >= 0.6 is 0 Å². The molecule has 0 amide bonds. The van der Waals surface area contributed by atoms with Gasteiger partial charge in [-0.15, -0.1) is 0 Å². The molecule has 0 atom stereocenters. The molecule has 0 radical (unpaired) electrons. The van der Waals surface area contributed by atoms with E-state index in [1.165, 1.54) is 0 Å². The molecule has 5 heteroatoms. The third-order valence-electron chi connectivity index (χ3n) is 4.18. The quantitative estimate of drug-likeness (QED) is 0.931. The minimum atomic E-state index is -0.909. The van der Waals surface area contributed by atoms with Crippen molar-refractivity contribution in [2.45, 2.75) is 25.7 Å². The monoisotopic (exact) mass is 273 g/mol. The van der Waals surface area contributed by atoms with Crippen LogP contribution in [-0.4, -0.2) is 45.0 Å². The number of rotatable bonds is 3. The van der Waals surface area contributed by atoms with E-state index in [4.69, 9.17) is 5.11 Å². The summed E-state index contributed by atoms with van der Waals surface area (Å²) in [6.07, 6.45) is 6.07. The second-order valence-electron chi connectivity index (χ2n) is 5.36. The summed E-state index contributed by atoms with van der Waals surface area (Å²) < 4.78 is 1.91. The summed E-state index contributed by atoms with van der Waals surface area (Å²) in [6, 6.07) is 3.24. The van der Waals surface area contributed by atoms with Crippen molar-refractivity contribution in [2.24, 2.45) is 0 Å². The highest BCUT2D eigenvalue weighted by molar-refractivity contribution is 5.88. The fourth-order valence-electron chi connectivity index (χ4n) is 2.88. The molecule has 106 valence electrons. The number of hydrogen-bond acceptors (Lipinski definition) is 3.